The lowest BCUT2D eigenvalue weighted by molar-refractivity contribution is -0.934. The van der Waals surface area contributed by atoms with Crippen LogP contribution in [0.3, 0.4) is 0 Å². The minimum atomic E-state index is -1.19. The van der Waals surface area contributed by atoms with Crippen LogP contribution in [-0.2, 0) is 14.4 Å². The number of carbonyl (C=O) groups excluding carboxylic acids is 1. The smallest absolute Gasteiger partial charge is 0.311 e. The van der Waals surface area contributed by atoms with E-state index < -0.39 is 35.7 Å². The SMILES string of the molecule is C/C=C/CCCCCCCC[N+](CC(C)C(=O)[O-])(CC(C)C(=O)O)CC(C)C(=O)O. The molecule has 0 heterocycles. The van der Waals surface area contributed by atoms with Crippen LogP contribution < -0.4 is 5.11 Å². The van der Waals surface area contributed by atoms with E-state index in [-0.39, 0.29) is 24.1 Å². The van der Waals surface area contributed by atoms with Crippen LogP contribution in [0.5, 0.6) is 0 Å². The van der Waals surface area contributed by atoms with Crippen LogP contribution in [0.25, 0.3) is 0 Å². The number of carboxylic acids is 3. The van der Waals surface area contributed by atoms with E-state index >= 15 is 0 Å². The van der Waals surface area contributed by atoms with Gasteiger partial charge in [0.25, 0.3) is 0 Å². The van der Waals surface area contributed by atoms with Gasteiger partial charge in [0, 0.05) is 11.9 Å². The molecule has 0 amide bonds. The Balaban J connectivity index is 5.11. The Kier molecular flexibility index (Phi) is 14.0. The maximum atomic E-state index is 11.5. The van der Waals surface area contributed by atoms with Gasteiger partial charge in [-0.3, -0.25) is 9.59 Å². The van der Waals surface area contributed by atoms with E-state index in [0.29, 0.717) is 6.54 Å². The molecule has 0 aromatic carbocycles. The molecule has 30 heavy (non-hydrogen) atoms. The molecule has 0 bridgehead atoms. The van der Waals surface area contributed by atoms with E-state index in [2.05, 4.69) is 12.2 Å². The van der Waals surface area contributed by atoms with Crippen LogP contribution in [0.2, 0.25) is 0 Å². The minimum Gasteiger partial charge on any atom is -0.550 e. The zero-order chi connectivity index (χ0) is 23.2. The number of allylic oxidation sites excluding steroid dienone is 2. The third-order valence-corrected chi connectivity index (χ3v) is 5.72. The van der Waals surface area contributed by atoms with Crippen molar-refractivity contribution < 1.29 is 34.2 Å². The van der Waals surface area contributed by atoms with Crippen LogP contribution in [-0.4, -0.2) is 58.8 Å². The number of aliphatic carboxylic acids is 3. The summed E-state index contributed by atoms with van der Waals surface area (Å²) in [5, 5.41) is 30.2. The number of hydrogen-bond acceptors (Lipinski definition) is 4. The van der Waals surface area contributed by atoms with Gasteiger partial charge in [0.05, 0.1) is 26.2 Å². The third kappa shape index (κ3) is 12.0. The quantitative estimate of drug-likeness (QED) is 0.197. The molecule has 0 aliphatic rings. The standard InChI is InChI=1S/C23H41NO6/c1-5-6-7-8-9-10-11-12-13-14-24(15-18(2)21(25)26,16-19(3)22(27)28)17-20(4)23(29)30/h5-6,18-20H,7-17H2,1-4H3,(H2-,25,26,27,28,29,30)/b6-5+. The fourth-order valence-electron chi connectivity index (χ4n) is 4.05. The number of carbonyl (C=O) groups is 3. The summed E-state index contributed by atoms with van der Waals surface area (Å²) >= 11 is 0. The highest BCUT2D eigenvalue weighted by molar-refractivity contribution is 5.70. The van der Waals surface area contributed by atoms with Gasteiger partial charge in [0.15, 0.2) is 0 Å². The number of nitrogens with zero attached hydrogens (tertiary/aromatic N) is 1. The van der Waals surface area contributed by atoms with Crippen molar-refractivity contribution in [1.82, 2.24) is 0 Å². The second kappa shape index (κ2) is 15.0. The zero-order valence-corrected chi connectivity index (χ0v) is 19.1. The Morgan fingerprint density at radius 1 is 0.800 bits per heavy atom. The first-order valence-corrected chi connectivity index (χ1v) is 11.2. The first kappa shape index (κ1) is 28.1. The van der Waals surface area contributed by atoms with E-state index in [0.717, 1.165) is 38.5 Å². The molecule has 0 rings (SSSR count). The van der Waals surface area contributed by atoms with Crippen molar-refractivity contribution in [1.29, 1.82) is 0 Å². The summed E-state index contributed by atoms with van der Waals surface area (Å²) in [6.07, 6.45) is 11.6. The van der Waals surface area contributed by atoms with Crippen molar-refractivity contribution in [3.05, 3.63) is 12.2 Å². The largest absolute Gasteiger partial charge is 0.550 e. The Bertz CT molecular complexity index is 505. The van der Waals surface area contributed by atoms with Gasteiger partial charge in [-0.25, -0.2) is 0 Å². The summed E-state index contributed by atoms with van der Waals surface area (Å²) in [7, 11) is 0. The van der Waals surface area contributed by atoms with Crippen molar-refractivity contribution in [2.75, 3.05) is 26.2 Å². The van der Waals surface area contributed by atoms with Gasteiger partial charge in [-0.05, 0) is 46.5 Å². The van der Waals surface area contributed by atoms with Gasteiger partial charge in [0.2, 0.25) is 0 Å². The Morgan fingerprint density at radius 3 is 1.67 bits per heavy atom. The van der Waals surface area contributed by atoms with Crippen molar-refractivity contribution >= 4 is 17.9 Å². The zero-order valence-electron chi connectivity index (χ0n) is 19.1. The Morgan fingerprint density at radius 2 is 1.23 bits per heavy atom. The Hall–Kier alpha value is -1.89. The number of carboxylic acid groups (broad SMARTS) is 3. The molecule has 0 aliphatic carbocycles. The second-order valence-electron chi connectivity index (χ2n) is 8.79. The number of hydrogen-bond donors (Lipinski definition) is 2. The second-order valence-corrected chi connectivity index (χ2v) is 8.79. The average molecular weight is 428 g/mol. The van der Waals surface area contributed by atoms with Gasteiger partial charge < -0.3 is 24.6 Å². The van der Waals surface area contributed by atoms with Gasteiger partial charge in [0.1, 0.15) is 11.8 Å². The van der Waals surface area contributed by atoms with Crippen molar-refractivity contribution in [3.8, 4) is 0 Å². The molecule has 0 aliphatic heterocycles. The summed E-state index contributed by atoms with van der Waals surface area (Å²) in [5.74, 6) is -5.26. The van der Waals surface area contributed by atoms with Crippen LogP contribution in [0.15, 0.2) is 12.2 Å². The molecule has 2 N–H and O–H groups in total. The van der Waals surface area contributed by atoms with E-state index in [1.54, 1.807) is 20.8 Å². The topological polar surface area (TPSA) is 115 Å². The van der Waals surface area contributed by atoms with Gasteiger partial charge in [-0.2, -0.15) is 0 Å². The lowest BCUT2D eigenvalue weighted by Crippen LogP contribution is -2.58. The fraction of sp³-hybridized carbons (Fsp3) is 0.783. The molecule has 3 atom stereocenters. The maximum absolute atomic E-state index is 11.5. The molecule has 0 fully saturated rings. The van der Waals surface area contributed by atoms with E-state index in [1.807, 2.05) is 6.92 Å². The third-order valence-electron chi connectivity index (χ3n) is 5.72. The number of unbranched alkanes of at least 4 members (excludes halogenated alkanes) is 6. The first-order valence-electron chi connectivity index (χ1n) is 11.2. The molecule has 0 saturated heterocycles. The molecule has 0 spiro atoms. The van der Waals surface area contributed by atoms with Gasteiger partial charge >= 0.3 is 11.9 Å². The number of rotatable bonds is 18. The highest BCUT2D eigenvalue weighted by Gasteiger charge is 2.36. The lowest BCUT2D eigenvalue weighted by Gasteiger charge is -2.43. The highest BCUT2D eigenvalue weighted by atomic mass is 16.4. The van der Waals surface area contributed by atoms with Crippen LogP contribution in [0.1, 0.15) is 72.6 Å². The summed E-state index contributed by atoms with van der Waals surface area (Å²) in [4.78, 5) is 34.3. The molecule has 7 nitrogen and oxygen atoms in total. The molecule has 0 aromatic rings. The molecular formula is C23H41NO6. The van der Waals surface area contributed by atoms with Crippen molar-refractivity contribution in [2.45, 2.75) is 72.6 Å². The normalized spacial score (nSPS) is 16.7. The van der Waals surface area contributed by atoms with Gasteiger partial charge in [-0.1, -0.05) is 38.3 Å². The van der Waals surface area contributed by atoms with E-state index in [1.165, 1.54) is 6.42 Å². The summed E-state index contributed by atoms with van der Waals surface area (Å²) < 4.78 is 0.178. The average Bonchev–Trinajstić information content (AvgIpc) is 2.66. The fourth-order valence-corrected chi connectivity index (χ4v) is 4.05. The summed E-state index contributed by atoms with van der Waals surface area (Å²) in [6, 6.07) is 0. The maximum Gasteiger partial charge on any atom is 0.311 e. The van der Waals surface area contributed by atoms with E-state index in [9.17, 15) is 29.7 Å². The van der Waals surface area contributed by atoms with Crippen LogP contribution in [0, 0.1) is 17.8 Å². The molecule has 3 unspecified atom stereocenters. The molecule has 0 aromatic heterocycles. The summed E-state index contributed by atoms with van der Waals surface area (Å²) in [6.45, 7) is 7.94. The van der Waals surface area contributed by atoms with Crippen molar-refractivity contribution in [3.63, 3.8) is 0 Å². The summed E-state index contributed by atoms with van der Waals surface area (Å²) in [5.41, 5.74) is 0. The molecule has 0 saturated carbocycles. The molecule has 0 radical (unpaired) electrons. The highest BCUT2D eigenvalue weighted by Crippen LogP contribution is 2.22. The van der Waals surface area contributed by atoms with Crippen LogP contribution >= 0.6 is 0 Å². The minimum absolute atomic E-state index is 0.178. The molecule has 7 heteroatoms. The van der Waals surface area contributed by atoms with Gasteiger partial charge in [-0.15, -0.1) is 0 Å². The predicted octanol–water partition coefficient (Wildman–Crippen LogP) is 2.94. The van der Waals surface area contributed by atoms with E-state index in [4.69, 9.17) is 0 Å². The molecular weight excluding hydrogens is 386 g/mol. The monoisotopic (exact) mass is 427 g/mol. The predicted molar refractivity (Wildman–Crippen MR) is 115 cm³/mol. The molecule has 174 valence electrons. The van der Waals surface area contributed by atoms with Crippen molar-refractivity contribution in [2.24, 2.45) is 17.8 Å². The lowest BCUT2D eigenvalue weighted by atomic mass is 10.0. The van der Waals surface area contributed by atoms with Crippen LogP contribution in [0.4, 0.5) is 0 Å². The number of quaternary nitrogens is 1. The first-order chi connectivity index (χ1) is 14.0. The Labute approximate surface area is 181 Å².